The van der Waals surface area contributed by atoms with Crippen molar-refractivity contribution in [3.8, 4) is 11.8 Å². The third-order valence-electron chi connectivity index (χ3n) is 4.52. The molecular formula is C19H25N5O. The number of hydrogen-bond acceptors (Lipinski definition) is 5. The molecule has 132 valence electrons. The molecule has 6 heteroatoms. The second-order valence-electron chi connectivity index (χ2n) is 6.27. The molecule has 0 amide bonds. The molecule has 0 atom stereocenters. The van der Waals surface area contributed by atoms with Crippen LogP contribution in [0.5, 0.6) is 0 Å². The summed E-state index contributed by atoms with van der Waals surface area (Å²) in [6, 6.07) is 10.8. The van der Waals surface area contributed by atoms with Crippen LogP contribution in [0.1, 0.15) is 12.0 Å². The van der Waals surface area contributed by atoms with Crippen LogP contribution < -0.4 is 0 Å². The van der Waals surface area contributed by atoms with Crippen LogP contribution in [0.25, 0.3) is 5.69 Å². The highest BCUT2D eigenvalue weighted by atomic mass is 16.5. The molecule has 0 radical (unpaired) electrons. The SMILES string of the molecule is N#CCCN(CCN1CCOCC1)Cc1ccc(-n2ccnc2)cc1. The minimum absolute atomic E-state index is 0.566. The number of nitrogens with zero attached hydrogens (tertiary/aromatic N) is 5. The molecule has 6 nitrogen and oxygen atoms in total. The van der Waals surface area contributed by atoms with E-state index in [1.807, 2.05) is 10.8 Å². The normalized spacial score (nSPS) is 15.4. The molecule has 0 spiro atoms. The van der Waals surface area contributed by atoms with Crippen molar-refractivity contribution in [2.24, 2.45) is 0 Å². The van der Waals surface area contributed by atoms with E-state index in [1.165, 1.54) is 5.56 Å². The molecule has 1 aliphatic rings. The fourth-order valence-corrected chi connectivity index (χ4v) is 3.03. The first-order valence-electron chi connectivity index (χ1n) is 8.82. The number of morpholine rings is 1. The molecule has 0 bridgehead atoms. The monoisotopic (exact) mass is 339 g/mol. The molecule has 2 heterocycles. The smallest absolute Gasteiger partial charge is 0.0991 e. The molecule has 3 rings (SSSR count). The average molecular weight is 339 g/mol. The zero-order valence-corrected chi connectivity index (χ0v) is 14.5. The Morgan fingerprint density at radius 1 is 1.16 bits per heavy atom. The van der Waals surface area contributed by atoms with Crippen molar-refractivity contribution >= 4 is 0 Å². The lowest BCUT2D eigenvalue weighted by atomic mass is 10.2. The number of ether oxygens (including phenoxy) is 1. The third-order valence-corrected chi connectivity index (χ3v) is 4.52. The molecule has 1 aromatic heterocycles. The topological polar surface area (TPSA) is 57.3 Å². The van der Waals surface area contributed by atoms with Gasteiger partial charge in [-0.25, -0.2) is 4.98 Å². The maximum atomic E-state index is 8.93. The molecule has 1 fully saturated rings. The van der Waals surface area contributed by atoms with E-state index >= 15 is 0 Å². The van der Waals surface area contributed by atoms with Crippen molar-refractivity contribution in [3.05, 3.63) is 48.5 Å². The van der Waals surface area contributed by atoms with E-state index in [9.17, 15) is 0 Å². The Balaban J connectivity index is 1.56. The zero-order chi connectivity index (χ0) is 17.3. The van der Waals surface area contributed by atoms with E-state index in [0.29, 0.717) is 6.42 Å². The molecule has 0 N–H and O–H groups in total. The maximum Gasteiger partial charge on any atom is 0.0991 e. The Morgan fingerprint density at radius 3 is 2.64 bits per heavy atom. The molecule has 2 aromatic rings. The Labute approximate surface area is 149 Å². The highest BCUT2D eigenvalue weighted by Gasteiger charge is 2.13. The highest BCUT2D eigenvalue weighted by Crippen LogP contribution is 2.12. The number of rotatable bonds is 8. The van der Waals surface area contributed by atoms with Crippen LogP contribution in [0.15, 0.2) is 43.0 Å². The minimum Gasteiger partial charge on any atom is -0.379 e. The molecule has 1 aromatic carbocycles. The maximum absolute atomic E-state index is 8.93. The van der Waals surface area contributed by atoms with Crippen molar-refractivity contribution in [3.63, 3.8) is 0 Å². The summed E-state index contributed by atoms with van der Waals surface area (Å²) in [5.74, 6) is 0. The van der Waals surface area contributed by atoms with Gasteiger partial charge in [0.25, 0.3) is 0 Å². The van der Waals surface area contributed by atoms with E-state index in [4.69, 9.17) is 10.00 Å². The van der Waals surface area contributed by atoms with E-state index in [-0.39, 0.29) is 0 Å². The van der Waals surface area contributed by atoms with Gasteiger partial charge < -0.3 is 9.30 Å². The van der Waals surface area contributed by atoms with Crippen molar-refractivity contribution in [2.45, 2.75) is 13.0 Å². The quantitative estimate of drug-likeness (QED) is 0.735. The number of benzene rings is 1. The Hall–Kier alpha value is -2.20. The van der Waals surface area contributed by atoms with Crippen molar-refractivity contribution in [1.29, 1.82) is 5.26 Å². The van der Waals surface area contributed by atoms with Gasteiger partial charge in [0.2, 0.25) is 0 Å². The van der Waals surface area contributed by atoms with Gasteiger partial charge in [0.1, 0.15) is 0 Å². The lowest BCUT2D eigenvalue weighted by Gasteiger charge is -2.29. The van der Waals surface area contributed by atoms with E-state index in [1.54, 1.807) is 12.5 Å². The van der Waals surface area contributed by atoms with Gasteiger partial charge in [0, 0.05) is 63.8 Å². The number of nitriles is 1. The van der Waals surface area contributed by atoms with Crippen LogP contribution in [0, 0.1) is 11.3 Å². The Kier molecular flexibility index (Phi) is 6.57. The summed E-state index contributed by atoms with van der Waals surface area (Å²) < 4.78 is 7.40. The molecule has 1 saturated heterocycles. The van der Waals surface area contributed by atoms with Gasteiger partial charge in [-0.05, 0) is 17.7 Å². The van der Waals surface area contributed by atoms with Crippen LogP contribution in [-0.4, -0.2) is 65.3 Å². The van der Waals surface area contributed by atoms with E-state index in [0.717, 1.165) is 58.2 Å². The highest BCUT2D eigenvalue weighted by molar-refractivity contribution is 5.34. The lowest BCUT2D eigenvalue weighted by Crippen LogP contribution is -2.41. The lowest BCUT2D eigenvalue weighted by molar-refractivity contribution is 0.0330. The summed E-state index contributed by atoms with van der Waals surface area (Å²) in [6.45, 7) is 7.35. The predicted octanol–water partition coefficient (Wildman–Crippen LogP) is 1.92. The first kappa shape index (κ1) is 17.6. The van der Waals surface area contributed by atoms with E-state index in [2.05, 4.69) is 45.1 Å². The zero-order valence-electron chi connectivity index (χ0n) is 14.5. The summed E-state index contributed by atoms with van der Waals surface area (Å²) in [4.78, 5) is 8.88. The van der Waals surface area contributed by atoms with Gasteiger partial charge in [-0.3, -0.25) is 9.80 Å². The van der Waals surface area contributed by atoms with Crippen LogP contribution in [0.2, 0.25) is 0 Å². The van der Waals surface area contributed by atoms with Gasteiger partial charge in [0.15, 0.2) is 0 Å². The third kappa shape index (κ3) is 5.40. The number of imidazole rings is 1. The summed E-state index contributed by atoms with van der Waals surface area (Å²) in [5.41, 5.74) is 2.38. The van der Waals surface area contributed by atoms with Gasteiger partial charge >= 0.3 is 0 Å². The average Bonchev–Trinajstić information content (AvgIpc) is 3.20. The number of hydrogen-bond donors (Lipinski definition) is 0. The van der Waals surface area contributed by atoms with Crippen LogP contribution in [0.3, 0.4) is 0 Å². The summed E-state index contributed by atoms with van der Waals surface area (Å²) in [6.07, 6.45) is 6.09. The second kappa shape index (κ2) is 9.33. The summed E-state index contributed by atoms with van der Waals surface area (Å²) in [7, 11) is 0. The summed E-state index contributed by atoms with van der Waals surface area (Å²) >= 11 is 0. The van der Waals surface area contributed by atoms with Crippen molar-refractivity contribution in [1.82, 2.24) is 19.4 Å². The molecule has 0 saturated carbocycles. The van der Waals surface area contributed by atoms with Gasteiger partial charge in [-0.1, -0.05) is 12.1 Å². The van der Waals surface area contributed by atoms with Gasteiger partial charge in [0.05, 0.1) is 25.6 Å². The van der Waals surface area contributed by atoms with Gasteiger partial charge in [-0.2, -0.15) is 5.26 Å². The van der Waals surface area contributed by atoms with E-state index < -0.39 is 0 Å². The van der Waals surface area contributed by atoms with Crippen LogP contribution in [0.4, 0.5) is 0 Å². The first-order valence-corrected chi connectivity index (χ1v) is 8.82. The predicted molar refractivity (Wildman–Crippen MR) is 96.3 cm³/mol. The van der Waals surface area contributed by atoms with Crippen molar-refractivity contribution in [2.75, 3.05) is 45.9 Å². The molecule has 0 unspecified atom stereocenters. The molecular weight excluding hydrogens is 314 g/mol. The molecule has 25 heavy (non-hydrogen) atoms. The largest absolute Gasteiger partial charge is 0.379 e. The molecule has 0 aliphatic carbocycles. The summed E-state index contributed by atoms with van der Waals surface area (Å²) in [5, 5.41) is 8.93. The first-order chi connectivity index (χ1) is 12.3. The van der Waals surface area contributed by atoms with Crippen LogP contribution >= 0.6 is 0 Å². The fourth-order valence-electron chi connectivity index (χ4n) is 3.03. The molecule has 1 aliphatic heterocycles. The van der Waals surface area contributed by atoms with Gasteiger partial charge in [-0.15, -0.1) is 0 Å². The Morgan fingerprint density at radius 2 is 1.96 bits per heavy atom. The van der Waals surface area contributed by atoms with Crippen LogP contribution in [-0.2, 0) is 11.3 Å². The Bertz CT molecular complexity index is 656. The fraction of sp³-hybridized carbons (Fsp3) is 0.474. The van der Waals surface area contributed by atoms with Crippen molar-refractivity contribution < 1.29 is 4.74 Å². The minimum atomic E-state index is 0.566. The standard InChI is InChI=1S/C19H25N5O/c20-6-1-8-23(11-10-22-12-14-25-15-13-22)16-18-2-4-19(5-3-18)24-9-7-21-17-24/h2-5,7,9,17H,1,8,10-16H2. The number of aromatic nitrogens is 2. The second-order valence-corrected chi connectivity index (χ2v) is 6.27.